The molecule has 21 heavy (non-hydrogen) atoms. The van der Waals surface area contributed by atoms with Gasteiger partial charge in [-0.15, -0.1) is 0 Å². The molecule has 3 N–H and O–H groups in total. The van der Waals surface area contributed by atoms with Crippen molar-refractivity contribution in [1.82, 2.24) is 0 Å². The molecule has 1 saturated carbocycles. The quantitative estimate of drug-likeness (QED) is 0.637. The van der Waals surface area contributed by atoms with Crippen LogP contribution >= 0.6 is 0 Å². The van der Waals surface area contributed by atoms with Gasteiger partial charge in [-0.3, -0.25) is 14.9 Å². The molecule has 0 aromatic heterocycles. The van der Waals surface area contributed by atoms with Crippen molar-refractivity contribution in [2.75, 3.05) is 12.4 Å². The first-order valence-electron chi connectivity index (χ1n) is 6.65. The van der Waals surface area contributed by atoms with Gasteiger partial charge in [0, 0.05) is 30.2 Å². The molecule has 7 nitrogen and oxygen atoms in total. The van der Waals surface area contributed by atoms with Crippen LogP contribution in [0, 0.1) is 15.5 Å². The van der Waals surface area contributed by atoms with Gasteiger partial charge in [0.25, 0.3) is 5.69 Å². The Kier molecular flexibility index (Phi) is 3.87. The Bertz CT molecular complexity index is 586. The molecule has 0 radical (unpaired) electrons. The van der Waals surface area contributed by atoms with Crippen LogP contribution in [-0.4, -0.2) is 30.1 Å². The van der Waals surface area contributed by atoms with E-state index in [1.807, 2.05) is 13.8 Å². The highest BCUT2D eigenvalue weighted by Crippen LogP contribution is 2.44. The molecule has 0 saturated heterocycles. The van der Waals surface area contributed by atoms with E-state index < -0.39 is 10.8 Å². The van der Waals surface area contributed by atoms with E-state index in [9.17, 15) is 14.9 Å². The van der Waals surface area contributed by atoms with E-state index in [0.29, 0.717) is 5.69 Å². The van der Waals surface area contributed by atoms with Crippen molar-refractivity contribution in [3.05, 3.63) is 33.9 Å². The van der Waals surface area contributed by atoms with Crippen molar-refractivity contribution in [2.45, 2.75) is 32.4 Å². The number of hydrogen-bond acceptors (Lipinski definition) is 5. The third kappa shape index (κ3) is 2.69. The van der Waals surface area contributed by atoms with Gasteiger partial charge in [-0.2, -0.15) is 0 Å². The van der Waals surface area contributed by atoms with Gasteiger partial charge in [0.1, 0.15) is 5.69 Å². The lowest BCUT2D eigenvalue weighted by atomic mass is 9.64. The summed E-state index contributed by atoms with van der Waals surface area (Å²) in [5.74, 6) is -0.687. The van der Waals surface area contributed by atoms with Crippen molar-refractivity contribution >= 4 is 17.3 Å². The summed E-state index contributed by atoms with van der Waals surface area (Å²) in [6.07, 6.45) is 0.900. The fourth-order valence-corrected chi connectivity index (χ4v) is 2.68. The molecule has 1 fully saturated rings. The molecular weight excluding hydrogens is 274 g/mol. The number of benzene rings is 1. The van der Waals surface area contributed by atoms with Gasteiger partial charge in [0.15, 0.2) is 0 Å². The Morgan fingerprint density at radius 1 is 1.52 bits per heavy atom. The smallest absolute Gasteiger partial charge is 0.293 e. The Balaban J connectivity index is 2.25. The van der Waals surface area contributed by atoms with Crippen molar-refractivity contribution in [3.8, 4) is 0 Å². The number of methoxy groups -OCH3 is 1. The summed E-state index contributed by atoms with van der Waals surface area (Å²) in [6, 6.07) is 4.27. The van der Waals surface area contributed by atoms with Gasteiger partial charge in [-0.25, -0.2) is 0 Å². The number of carbonyl (C=O) groups is 1. The van der Waals surface area contributed by atoms with Crippen molar-refractivity contribution in [2.24, 2.45) is 11.1 Å². The van der Waals surface area contributed by atoms with Gasteiger partial charge in [-0.05, 0) is 18.6 Å². The van der Waals surface area contributed by atoms with Crippen molar-refractivity contribution in [3.63, 3.8) is 0 Å². The zero-order valence-corrected chi connectivity index (χ0v) is 12.3. The van der Waals surface area contributed by atoms with Crippen LogP contribution in [0.5, 0.6) is 0 Å². The number of ether oxygens (including phenoxy) is 1. The number of nitrogens with one attached hydrogen (secondary N) is 1. The minimum Gasteiger partial charge on any atom is -0.381 e. The number of primary amides is 1. The van der Waals surface area contributed by atoms with Crippen LogP contribution < -0.4 is 11.1 Å². The van der Waals surface area contributed by atoms with E-state index in [2.05, 4.69) is 5.32 Å². The summed E-state index contributed by atoms with van der Waals surface area (Å²) >= 11 is 0. The molecule has 0 bridgehead atoms. The highest BCUT2D eigenvalue weighted by molar-refractivity contribution is 5.94. The third-order valence-electron chi connectivity index (χ3n) is 4.27. The fourth-order valence-electron chi connectivity index (χ4n) is 2.68. The van der Waals surface area contributed by atoms with Crippen LogP contribution in [0.3, 0.4) is 0 Å². The highest BCUT2D eigenvalue weighted by atomic mass is 16.6. The fraction of sp³-hybridized carbons (Fsp3) is 0.500. The van der Waals surface area contributed by atoms with Crippen molar-refractivity contribution < 1.29 is 14.5 Å². The number of carbonyl (C=O) groups excluding carboxylic acids is 1. The van der Waals surface area contributed by atoms with Gasteiger partial charge >= 0.3 is 0 Å². The second kappa shape index (κ2) is 5.33. The maximum atomic E-state index is 11.2. The molecule has 2 unspecified atom stereocenters. The van der Waals surface area contributed by atoms with Crippen molar-refractivity contribution in [1.29, 1.82) is 0 Å². The monoisotopic (exact) mass is 293 g/mol. The van der Waals surface area contributed by atoms with E-state index in [1.165, 1.54) is 18.2 Å². The number of nitrogens with zero attached hydrogens (tertiary/aromatic N) is 1. The number of anilines is 1. The molecule has 0 spiro atoms. The molecule has 1 aromatic rings. The lowest BCUT2D eigenvalue weighted by molar-refractivity contribution is -0.384. The molecule has 1 aliphatic rings. The highest BCUT2D eigenvalue weighted by Gasteiger charge is 2.49. The Morgan fingerprint density at radius 2 is 2.19 bits per heavy atom. The predicted molar refractivity (Wildman–Crippen MR) is 78.2 cm³/mol. The van der Waals surface area contributed by atoms with E-state index in [1.54, 1.807) is 7.11 Å². The summed E-state index contributed by atoms with van der Waals surface area (Å²) in [6.45, 7) is 4.10. The first-order chi connectivity index (χ1) is 9.77. The average Bonchev–Trinajstić information content (AvgIpc) is 2.42. The lowest BCUT2D eigenvalue weighted by Gasteiger charge is -2.51. The van der Waals surface area contributed by atoms with E-state index in [4.69, 9.17) is 10.5 Å². The maximum Gasteiger partial charge on any atom is 0.293 e. The molecular formula is C14H19N3O4. The Morgan fingerprint density at radius 3 is 2.67 bits per heavy atom. The zero-order chi connectivity index (χ0) is 15.8. The number of nitro groups is 1. The number of hydrogen-bond donors (Lipinski definition) is 2. The predicted octanol–water partition coefficient (Wildman–Crippen LogP) is 1.92. The first kappa shape index (κ1) is 15.2. The van der Waals surface area contributed by atoms with Gasteiger partial charge in [0.05, 0.1) is 11.0 Å². The normalized spacial score (nSPS) is 23.2. The second-order valence-corrected chi connectivity index (χ2v) is 5.83. The SMILES string of the molecule is COC1CC(Nc2ccc(C(N)=O)cc2[N+](=O)[O-])C1(C)C. The number of nitro benzene ring substituents is 1. The minimum absolute atomic E-state index is 0.0700. The number of amides is 1. The largest absolute Gasteiger partial charge is 0.381 e. The molecule has 2 atom stereocenters. The van der Waals surface area contributed by atoms with Crippen LogP contribution in [0.25, 0.3) is 0 Å². The topological polar surface area (TPSA) is 107 Å². The number of nitrogens with two attached hydrogens (primary N) is 1. The Hall–Kier alpha value is -2.15. The van der Waals surface area contributed by atoms with Crippen LogP contribution in [0.4, 0.5) is 11.4 Å². The summed E-state index contributed by atoms with van der Waals surface area (Å²) in [5.41, 5.74) is 5.39. The van der Waals surface area contributed by atoms with Crippen LogP contribution in [0.2, 0.25) is 0 Å². The second-order valence-electron chi connectivity index (χ2n) is 5.83. The lowest BCUT2D eigenvalue weighted by Crippen LogP contribution is -2.57. The van der Waals surface area contributed by atoms with E-state index >= 15 is 0 Å². The van der Waals surface area contributed by atoms with Crippen LogP contribution in [0.1, 0.15) is 30.6 Å². The minimum atomic E-state index is -0.687. The Labute approximate surface area is 122 Å². The third-order valence-corrected chi connectivity index (χ3v) is 4.27. The van der Waals surface area contributed by atoms with Gasteiger partial charge in [0.2, 0.25) is 5.91 Å². The molecule has 0 aliphatic heterocycles. The average molecular weight is 293 g/mol. The first-order valence-corrected chi connectivity index (χ1v) is 6.65. The molecule has 2 rings (SSSR count). The standard InChI is InChI=1S/C14H19N3O4/c1-14(2)11(7-12(14)21-3)16-9-5-4-8(13(15)18)6-10(9)17(19)20/h4-6,11-12,16H,7H2,1-3H3,(H2,15,18). The molecule has 7 heteroatoms. The van der Waals surface area contributed by atoms with E-state index in [-0.39, 0.29) is 28.8 Å². The molecule has 1 aromatic carbocycles. The maximum absolute atomic E-state index is 11.2. The summed E-state index contributed by atoms with van der Waals surface area (Å²) in [4.78, 5) is 21.8. The van der Waals surface area contributed by atoms with Gasteiger partial charge in [-0.1, -0.05) is 13.8 Å². The van der Waals surface area contributed by atoms with Crippen LogP contribution in [0.15, 0.2) is 18.2 Å². The van der Waals surface area contributed by atoms with Gasteiger partial charge < -0.3 is 15.8 Å². The molecule has 1 amide bonds. The summed E-state index contributed by atoms with van der Waals surface area (Å²) in [5, 5.41) is 14.3. The van der Waals surface area contributed by atoms with E-state index in [0.717, 1.165) is 6.42 Å². The summed E-state index contributed by atoms with van der Waals surface area (Å²) < 4.78 is 5.36. The summed E-state index contributed by atoms with van der Waals surface area (Å²) in [7, 11) is 1.66. The molecule has 1 aliphatic carbocycles. The molecule has 114 valence electrons. The molecule has 0 heterocycles. The van der Waals surface area contributed by atoms with Crippen LogP contribution in [-0.2, 0) is 4.74 Å². The zero-order valence-electron chi connectivity index (χ0n) is 12.3. The number of rotatable bonds is 5.